The fraction of sp³-hybridized carbons (Fsp3) is 0.200. The summed E-state index contributed by atoms with van der Waals surface area (Å²) in [6.45, 7) is 1.43. The number of hydrazine groups is 1. The molecule has 0 radical (unpaired) electrons. The van der Waals surface area contributed by atoms with Crippen LogP contribution in [0.5, 0.6) is 0 Å². The van der Waals surface area contributed by atoms with Gasteiger partial charge in [-0.15, -0.1) is 0 Å². The number of hydrogen-bond donors (Lipinski definition) is 2. The molecule has 1 aromatic carbocycles. The predicted octanol–water partition coefficient (Wildman–Crippen LogP) is 2.47. The van der Waals surface area contributed by atoms with Gasteiger partial charge in [0.2, 0.25) is 0 Å². The second-order valence-corrected chi connectivity index (χ2v) is 5.03. The van der Waals surface area contributed by atoms with Gasteiger partial charge in [-0.3, -0.25) is 10.4 Å². The molecule has 5 nitrogen and oxygen atoms in total. The molecule has 0 aliphatic carbocycles. The quantitative estimate of drug-likeness (QED) is 0.853. The number of rotatable bonds is 3. The zero-order valence-corrected chi connectivity index (χ0v) is 12.3. The van der Waals surface area contributed by atoms with E-state index in [1.807, 2.05) is 30.3 Å². The maximum atomic E-state index is 5.23. The summed E-state index contributed by atoms with van der Waals surface area (Å²) in [5.74, 6) is 1.71. The number of para-hydroxylation sites is 1. The molecular weight excluding hydrogens is 284 g/mol. The van der Waals surface area contributed by atoms with Crippen molar-refractivity contribution in [3.8, 4) is 0 Å². The van der Waals surface area contributed by atoms with Gasteiger partial charge in [0.25, 0.3) is 0 Å². The zero-order valence-electron chi connectivity index (χ0n) is 11.5. The monoisotopic (exact) mass is 300 g/mol. The summed E-state index contributed by atoms with van der Waals surface area (Å²) in [5, 5.41) is 5.58. The normalized spacial score (nSPS) is 16.0. The highest BCUT2D eigenvalue weighted by atomic mass is 32.1. The third-order valence-electron chi connectivity index (χ3n) is 3.13. The van der Waals surface area contributed by atoms with Crippen molar-refractivity contribution in [3.05, 3.63) is 54.5 Å². The van der Waals surface area contributed by atoms with Crippen LogP contribution in [0.2, 0.25) is 0 Å². The van der Waals surface area contributed by atoms with Crippen molar-refractivity contribution < 1.29 is 4.42 Å². The molecule has 1 aromatic heterocycles. The van der Waals surface area contributed by atoms with E-state index < -0.39 is 0 Å². The number of aliphatic imine (C=N–C) groups is 1. The van der Waals surface area contributed by atoms with Gasteiger partial charge in [-0.25, -0.2) is 4.99 Å². The largest absolute Gasteiger partial charge is 0.467 e. The minimum atomic E-state index is 0.462. The van der Waals surface area contributed by atoms with Crippen LogP contribution in [0, 0.1) is 0 Å². The molecular formula is C15H16N4OS. The van der Waals surface area contributed by atoms with Crippen molar-refractivity contribution in [2.75, 3.05) is 11.6 Å². The minimum Gasteiger partial charge on any atom is -0.467 e. The first-order valence-corrected chi connectivity index (χ1v) is 7.19. The van der Waals surface area contributed by atoms with Crippen LogP contribution in [-0.2, 0) is 6.54 Å². The van der Waals surface area contributed by atoms with Gasteiger partial charge in [-0.05, 0) is 36.5 Å². The number of anilines is 1. The molecule has 3 rings (SSSR count). The van der Waals surface area contributed by atoms with Crippen LogP contribution >= 0.6 is 12.2 Å². The summed E-state index contributed by atoms with van der Waals surface area (Å²) in [7, 11) is 0. The first kappa shape index (κ1) is 13.6. The van der Waals surface area contributed by atoms with Gasteiger partial charge in [-0.2, -0.15) is 0 Å². The lowest BCUT2D eigenvalue weighted by Crippen LogP contribution is -2.34. The van der Waals surface area contributed by atoms with Gasteiger partial charge in [0, 0.05) is 13.0 Å². The minimum absolute atomic E-state index is 0.462. The number of benzene rings is 1. The second kappa shape index (κ2) is 6.41. The Kier molecular flexibility index (Phi) is 4.16. The highest BCUT2D eigenvalue weighted by Gasteiger charge is 2.17. The molecule has 0 atom stereocenters. The van der Waals surface area contributed by atoms with E-state index >= 15 is 0 Å². The van der Waals surface area contributed by atoms with Crippen LogP contribution in [0.15, 0.2) is 58.1 Å². The van der Waals surface area contributed by atoms with Crippen molar-refractivity contribution in [1.29, 1.82) is 0 Å². The highest BCUT2D eigenvalue weighted by Crippen LogP contribution is 2.14. The number of furan rings is 1. The molecule has 0 bridgehead atoms. The molecule has 21 heavy (non-hydrogen) atoms. The summed E-state index contributed by atoms with van der Waals surface area (Å²) in [5.41, 5.74) is 4.39. The average molecular weight is 300 g/mol. The maximum absolute atomic E-state index is 5.23. The second-order valence-electron chi connectivity index (χ2n) is 4.65. The van der Waals surface area contributed by atoms with E-state index in [-0.39, 0.29) is 0 Å². The smallest absolute Gasteiger partial charge is 0.194 e. The molecule has 2 heterocycles. The molecule has 0 saturated carbocycles. The van der Waals surface area contributed by atoms with Crippen LogP contribution in [0.3, 0.4) is 0 Å². The van der Waals surface area contributed by atoms with Gasteiger partial charge in [-0.1, -0.05) is 18.2 Å². The Hall–Kier alpha value is -2.34. The topological polar surface area (TPSA) is 52.8 Å². The van der Waals surface area contributed by atoms with Crippen LogP contribution in [0.1, 0.15) is 12.2 Å². The molecule has 0 amide bonds. The van der Waals surface area contributed by atoms with E-state index in [1.54, 1.807) is 6.26 Å². The maximum Gasteiger partial charge on any atom is 0.194 e. The number of nitrogens with one attached hydrogen (secondary N) is 2. The van der Waals surface area contributed by atoms with E-state index in [0.717, 1.165) is 30.2 Å². The fourth-order valence-electron chi connectivity index (χ4n) is 2.11. The Morgan fingerprint density at radius 3 is 2.90 bits per heavy atom. The fourth-order valence-corrected chi connectivity index (χ4v) is 2.29. The van der Waals surface area contributed by atoms with Gasteiger partial charge in [0.1, 0.15) is 11.6 Å². The standard InChI is InChI=1S/C15H16N4OS/c21-15(16-11-13-7-4-10-20-13)17-14-8-9-19(18-14)12-5-2-1-3-6-12/h1-7,10H,8-9,11H2,(H2,16,17,18,21). The molecule has 1 fully saturated rings. The summed E-state index contributed by atoms with van der Waals surface area (Å²) in [4.78, 5) is 4.39. The van der Waals surface area contributed by atoms with Crippen LogP contribution in [0.4, 0.5) is 5.69 Å². The Morgan fingerprint density at radius 1 is 1.29 bits per heavy atom. The first-order chi connectivity index (χ1) is 10.3. The Balaban J connectivity index is 1.54. The van der Waals surface area contributed by atoms with Crippen molar-refractivity contribution in [2.45, 2.75) is 13.0 Å². The Morgan fingerprint density at radius 2 is 2.14 bits per heavy atom. The predicted molar refractivity (Wildman–Crippen MR) is 87.1 cm³/mol. The lowest BCUT2D eigenvalue weighted by atomic mass is 10.3. The van der Waals surface area contributed by atoms with Crippen molar-refractivity contribution in [3.63, 3.8) is 0 Å². The van der Waals surface area contributed by atoms with Gasteiger partial charge in [0.15, 0.2) is 5.11 Å². The van der Waals surface area contributed by atoms with Crippen LogP contribution < -0.4 is 15.8 Å². The summed E-state index contributed by atoms with van der Waals surface area (Å²) in [6.07, 6.45) is 2.49. The molecule has 1 saturated heterocycles. The summed E-state index contributed by atoms with van der Waals surface area (Å²) < 4.78 is 5.23. The van der Waals surface area contributed by atoms with Crippen molar-refractivity contribution >= 4 is 28.9 Å². The number of nitrogens with zero attached hydrogens (tertiary/aromatic N) is 2. The van der Waals surface area contributed by atoms with Crippen molar-refractivity contribution in [2.24, 2.45) is 4.99 Å². The Labute approximate surface area is 128 Å². The van der Waals surface area contributed by atoms with Crippen LogP contribution in [-0.4, -0.2) is 17.5 Å². The number of amidine groups is 1. The molecule has 2 N–H and O–H groups in total. The molecule has 1 aliphatic heterocycles. The van der Waals surface area contributed by atoms with Crippen LogP contribution in [0.25, 0.3) is 0 Å². The SMILES string of the molecule is S=C(/N=C1\CCN(c2ccccc2)N1)NCc1ccco1. The number of thiocarbonyl (C=S) groups is 1. The first-order valence-electron chi connectivity index (χ1n) is 6.78. The van der Waals surface area contributed by atoms with Gasteiger partial charge < -0.3 is 9.73 Å². The molecule has 1 aliphatic rings. The van der Waals surface area contributed by atoms with Crippen molar-refractivity contribution in [1.82, 2.24) is 10.7 Å². The van der Waals surface area contributed by atoms with E-state index in [2.05, 4.69) is 32.9 Å². The van der Waals surface area contributed by atoms with E-state index in [0.29, 0.717) is 11.7 Å². The lowest BCUT2D eigenvalue weighted by Gasteiger charge is -2.17. The highest BCUT2D eigenvalue weighted by molar-refractivity contribution is 7.80. The van der Waals surface area contributed by atoms with E-state index in [4.69, 9.17) is 16.6 Å². The molecule has 0 spiro atoms. The Bertz CT molecular complexity index is 624. The van der Waals surface area contributed by atoms with E-state index in [9.17, 15) is 0 Å². The zero-order chi connectivity index (χ0) is 14.5. The lowest BCUT2D eigenvalue weighted by molar-refractivity contribution is 0.503. The third kappa shape index (κ3) is 3.61. The molecule has 6 heteroatoms. The molecule has 2 aromatic rings. The molecule has 0 unspecified atom stereocenters. The van der Waals surface area contributed by atoms with Gasteiger partial charge >= 0.3 is 0 Å². The summed E-state index contributed by atoms with van der Waals surface area (Å²) in [6, 6.07) is 13.9. The average Bonchev–Trinajstić information content (AvgIpc) is 3.17. The van der Waals surface area contributed by atoms with Gasteiger partial charge in [0.05, 0.1) is 18.5 Å². The molecule has 108 valence electrons. The number of hydrogen-bond acceptors (Lipinski definition) is 3. The van der Waals surface area contributed by atoms with E-state index in [1.165, 1.54) is 0 Å². The third-order valence-corrected chi connectivity index (χ3v) is 3.37. The summed E-state index contributed by atoms with van der Waals surface area (Å²) >= 11 is 5.22.